The summed E-state index contributed by atoms with van der Waals surface area (Å²) in [7, 11) is 1.97. The number of aldehydes is 1. The minimum Gasteiger partial charge on any atom is -0.303 e. The molecule has 0 bridgehead atoms. The molecule has 1 aliphatic heterocycles. The van der Waals surface area contributed by atoms with Gasteiger partial charge in [-0.05, 0) is 7.05 Å². The molecule has 0 aromatic heterocycles. The molecule has 1 atom stereocenters. The van der Waals surface area contributed by atoms with Crippen LogP contribution in [0.25, 0.3) is 0 Å². The second kappa shape index (κ2) is 5.19. The maximum atomic E-state index is 11.6. The molecule has 0 saturated carbocycles. The average molecular weight is 199 g/mol. The van der Waals surface area contributed by atoms with Gasteiger partial charge in [0, 0.05) is 32.5 Å². The van der Waals surface area contributed by atoms with Gasteiger partial charge in [-0.15, -0.1) is 0 Å². The highest BCUT2D eigenvalue weighted by atomic mass is 16.1. The van der Waals surface area contributed by atoms with Gasteiger partial charge in [0.05, 0.1) is 6.04 Å². The summed E-state index contributed by atoms with van der Waals surface area (Å²) >= 11 is 0. The molecular formula is C9H17N3O2. The maximum Gasteiger partial charge on any atom is 0.153 e. The number of hydrogen-bond donors (Lipinski definition) is 1. The number of ketones is 1. The summed E-state index contributed by atoms with van der Waals surface area (Å²) < 4.78 is 0. The monoisotopic (exact) mass is 199 g/mol. The lowest BCUT2D eigenvalue weighted by Gasteiger charge is -2.36. The number of piperazine rings is 1. The van der Waals surface area contributed by atoms with E-state index in [4.69, 9.17) is 5.84 Å². The molecule has 1 aliphatic rings. The number of likely N-dealkylation sites (N-methyl/N-ethyl adjacent to an activating group) is 1. The van der Waals surface area contributed by atoms with E-state index in [-0.39, 0.29) is 11.8 Å². The van der Waals surface area contributed by atoms with Crippen molar-refractivity contribution >= 4 is 12.1 Å². The highest BCUT2D eigenvalue weighted by Gasteiger charge is 2.28. The van der Waals surface area contributed by atoms with E-state index in [1.165, 1.54) is 0 Å². The SMILES string of the molecule is CN1CCN(N)C(C(=O)CCC=O)C1. The minimum atomic E-state index is -0.242. The first-order chi connectivity index (χ1) is 6.65. The number of hydrazine groups is 1. The second-order valence-electron chi connectivity index (χ2n) is 3.69. The minimum absolute atomic E-state index is 0.0613. The van der Waals surface area contributed by atoms with Gasteiger partial charge in [-0.25, -0.2) is 5.01 Å². The van der Waals surface area contributed by atoms with Crippen molar-refractivity contribution in [1.29, 1.82) is 0 Å². The molecule has 0 radical (unpaired) electrons. The zero-order chi connectivity index (χ0) is 10.6. The molecule has 0 spiro atoms. The second-order valence-corrected chi connectivity index (χ2v) is 3.69. The van der Waals surface area contributed by atoms with Crippen molar-refractivity contribution in [2.75, 3.05) is 26.7 Å². The van der Waals surface area contributed by atoms with Crippen LogP contribution in [0.3, 0.4) is 0 Å². The molecule has 80 valence electrons. The first-order valence-corrected chi connectivity index (χ1v) is 4.81. The third-order valence-electron chi connectivity index (χ3n) is 2.51. The third-order valence-corrected chi connectivity index (χ3v) is 2.51. The van der Waals surface area contributed by atoms with Gasteiger partial charge in [0.2, 0.25) is 0 Å². The fraction of sp³-hybridized carbons (Fsp3) is 0.778. The van der Waals surface area contributed by atoms with Crippen LogP contribution in [0.15, 0.2) is 0 Å². The van der Waals surface area contributed by atoms with Crippen molar-refractivity contribution < 1.29 is 9.59 Å². The Bertz CT molecular complexity index is 220. The zero-order valence-corrected chi connectivity index (χ0v) is 8.48. The van der Waals surface area contributed by atoms with Crippen molar-refractivity contribution in [1.82, 2.24) is 9.91 Å². The van der Waals surface area contributed by atoms with Crippen LogP contribution in [0.5, 0.6) is 0 Å². The molecule has 0 aromatic carbocycles. The Hall–Kier alpha value is -0.780. The van der Waals surface area contributed by atoms with Crippen LogP contribution in [0.1, 0.15) is 12.8 Å². The summed E-state index contributed by atoms with van der Waals surface area (Å²) in [5, 5.41) is 1.58. The molecule has 1 heterocycles. The predicted molar refractivity (Wildman–Crippen MR) is 52.5 cm³/mol. The van der Waals surface area contributed by atoms with E-state index in [9.17, 15) is 9.59 Å². The Morgan fingerprint density at radius 3 is 2.93 bits per heavy atom. The Kier molecular flexibility index (Phi) is 4.19. The van der Waals surface area contributed by atoms with Gasteiger partial charge >= 0.3 is 0 Å². The van der Waals surface area contributed by atoms with Gasteiger partial charge in [0.15, 0.2) is 5.78 Å². The quantitative estimate of drug-likeness (QED) is 0.466. The standard InChI is InChI=1S/C9H17N3O2/c1-11-4-5-12(10)8(7-11)9(14)3-2-6-13/h6,8H,2-5,7,10H2,1H3. The van der Waals surface area contributed by atoms with Crippen molar-refractivity contribution in [2.45, 2.75) is 18.9 Å². The van der Waals surface area contributed by atoms with Gasteiger partial charge in [-0.3, -0.25) is 10.6 Å². The molecule has 1 rings (SSSR count). The molecule has 0 aliphatic carbocycles. The first-order valence-electron chi connectivity index (χ1n) is 4.81. The van der Waals surface area contributed by atoms with Crippen LogP contribution in [0, 0.1) is 0 Å². The van der Waals surface area contributed by atoms with E-state index < -0.39 is 0 Å². The van der Waals surface area contributed by atoms with Gasteiger partial charge in [-0.1, -0.05) is 0 Å². The molecule has 1 unspecified atom stereocenters. The van der Waals surface area contributed by atoms with E-state index >= 15 is 0 Å². The molecule has 5 heteroatoms. The lowest BCUT2D eigenvalue weighted by Crippen LogP contribution is -2.58. The van der Waals surface area contributed by atoms with Crippen LogP contribution < -0.4 is 5.84 Å². The Labute approximate surface area is 83.8 Å². The zero-order valence-electron chi connectivity index (χ0n) is 8.48. The van der Waals surface area contributed by atoms with E-state index in [2.05, 4.69) is 4.90 Å². The average Bonchev–Trinajstić information content (AvgIpc) is 2.18. The Morgan fingerprint density at radius 2 is 2.29 bits per heavy atom. The van der Waals surface area contributed by atoms with Crippen LogP contribution >= 0.6 is 0 Å². The van der Waals surface area contributed by atoms with Gasteiger partial charge in [-0.2, -0.15) is 0 Å². The maximum absolute atomic E-state index is 11.6. The highest BCUT2D eigenvalue weighted by Crippen LogP contribution is 2.07. The first kappa shape index (κ1) is 11.3. The lowest BCUT2D eigenvalue weighted by molar-refractivity contribution is -0.127. The number of rotatable bonds is 4. The number of hydrogen-bond acceptors (Lipinski definition) is 5. The summed E-state index contributed by atoms with van der Waals surface area (Å²) in [5.41, 5.74) is 0. The number of nitrogens with zero attached hydrogens (tertiary/aromatic N) is 2. The van der Waals surface area contributed by atoms with Crippen LogP contribution in [0.2, 0.25) is 0 Å². The molecule has 14 heavy (non-hydrogen) atoms. The summed E-state index contributed by atoms with van der Waals surface area (Å²) in [6.07, 6.45) is 1.37. The number of carbonyl (C=O) groups excluding carboxylic acids is 2. The molecule has 0 aromatic rings. The molecule has 1 saturated heterocycles. The lowest BCUT2D eigenvalue weighted by atomic mass is 10.1. The van der Waals surface area contributed by atoms with Crippen molar-refractivity contribution in [3.8, 4) is 0 Å². The summed E-state index contributed by atoms with van der Waals surface area (Å²) in [6.45, 7) is 2.25. The van der Waals surface area contributed by atoms with E-state index in [0.29, 0.717) is 25.9 Å². The summed E-state index contributed by atoms with van der Waals surface area (Å²) in [6, 6.07) is -0.242. The fourth-order valence-corrected chi connectivity index (χ4v) is 1.59. The highest BCUT2D eigenvalue weighted by molar-refractivity contribution is 5.85. The molecule has 5 nitrogen and oxygen atoms in total. The van der Waals surface area contributed by atoms with Crippen molar-refractivity contribution in [3.05, 3.63) is 0 Å². The summed E-state index contributed by atoms with van der Waals surface area (Å²) in [5.74, 6) is 5.77. The van der Waals surface area contributed by atoms with E-state index in [1.54, 1.807) is 5.01 Å². The van der Waals surface area contributed by atoms with Gasteiger partial charge in [0.1, 0.15) is 6.29 Å². The molecule has 2 N–H and O–H groups in total. The topological polar surface area (TPSA) is 66.6 Å². The normalized spacial score (nSPS) is 24.9. The molecule has 0 amide bonds. The van der Waals surface area contributed by atoms with Crippen LogP contribution in [-0.4, -0.2) is 54.7 Å². The van der Waals surface area contributed by atoms with Crippen LogP contribution in [-0.2, 0) is 9.59 Å². The van der Waals surface area contributed by atoms with Crippen LogP contribution in [0.4, 0.5) is 0 Å². The number of carbonyl (C=O) groups is 2. The number of nitrogens with two attached hydrogens (primary N) is 1. The van der Waals surface area contributed by atoms with E-state index in [0.717, 1.165) is 12.8 Å². The smallest absolute Gasteiger partial charge is 0.153 e. The van der Waals surface area contributed by atoms with Gasteiger partial charge < -0.3 is 9.69 Å². The van der Waals surface area contributed by atoms with E-state index in [1.807, 2.05) is 7.05 Å². The Morgan fingerprint density at radius 1 is 1.57 bits per heavy atom. The van der Waals surface area contributed by atoms with Crippen molar-refractivity contribution in [2.24, 2.45) is 5.84 Å². The van der Waals surface area contributed by atoms with Gasteiger partial charge in [0.25, 0.3) is 0 Å². The molecule has 1 fully saturated rings. The number of Topliss-reactive ketones (excluding diaryl/α,β-unsaturated/α-hetero) is 1. The predicted octanol–water partition coefficient (Wildman–Crippen LogP) is -0.976. The fourth-order valence-electron chi connectivity index (χ4n) is 1.59. The summed E-state index contributed by atoms with van der Waals surface area (Å²) in [4.78, 5) is 23.8. The Balaban J connectivity index is 2.46. The largest absolute Gasteiger partial charge is 0.303 e. The molecular weight excluding hydrogens is 182 g/mol. The van der Waals surface area contributed by atoms with Crippen molar-refractivity contribution in [3.63, 3.8) is 0 Å². The third kappa shape index (κ3) is 2.87.